The number of carbonyl (C=O) groups is 1. The van der Waals surface area contributed by atoms with E-state index in [2.05, 4.69) is 26.2 Å². The number of nitrogens with one attached hydrogen (secondary N) is 1. The lowest BCUT2D eigenvalue weighted by molar-refractivity contribution is -0.120. The first-order valence-electron chi connectivity index (χ1n) is 8.64. The van der Waals surface area contributed by atoms with E-state index in [4.69, 9.17) is 11.6 Å². The van der Waals surface area contributed by atoms with E-state index in [1.54, 1.807) is 12.1 Å². The summed E-state index contributed by atoms with van der Waals surface area (Å²) in [6.07, 6.45) is 2.38. The summed E-state index contributed by atoms with van der Waals surface area (Å²) < 4.78 is 1.94. The lowest BCUT2D eigenvalue weighted by Crippen LogP contribution is -2.42. The first kappa shape index (κ1) is 21.0. The van der Waals surface area contributed by atoms with Crippen molar-refractivity contribution in [1.29, 1.82) is 0 Å². The standard InChI is InChI=1S/C18H23BrClN3O3/c1-3-5-21-16(17(25)4-2)6-11(24)9-23-10-22-15-8-13(19)14(20)7-12(15)18(23)26/h7-8,10,16-17,21,25H,3-6,9H2,1-2H3/t16-,17+/m1/s1. The highest BCUT2D eigenvalue weighted by Crippen LogP contribution is 2.25. The molecule has 0 aliphatic heterocycles. The molecule has 6 nitrogen and oxygen atoms in total. The monoisotopic (exact) mass is 443 g/mol. The third-order valence-electron chi connectivity index (χ3n) is 4.20. The first-order valence-corrected chi connectivity index (χ1v) is 9.81. The molecule has 1 aromatic heterocycles. The Bertz CT molecular complexity index is 840. The number of rotatable bonds is 9. The molecule has 0 amide bonds. The van der Waals surface area contributed by atoms with E-state index in [1.165, 1.54) is 10.9 Å². The molecule has 1 heterocycles. The van der Waals surface area contributed by atoms with Crippen molar-refractivity contribution in [2.24, 2.45) is 0 Å². The summed E-state index contributed by atoms with van der Waals surface area (Å²) in [5.74, 6) is -0.141. The van der Waals surface area contributed by atoms with Crippen molar-refractivity contribution in [2.45, 2.75) is 51.8 Å². The van der Waals surface area contributed by atoms with Crippen molar-refractivity contribution in [1.82, 2.24) is 14.9 Å². The lowest BCUT2D eigenvalue weighted by atomic mass is 10.0. The summed E-state index contributed by atoms with van der Waals surface area (Å²) in [6, 6.07) is 2.90. The first-order chi connectivity index (χ1) is 12.4. The Morgan fingerprint density at radius 3 is 2.81 bits per heavy atom. The van der Waals surface area contributed by atoms with Crippen LogP contribution < -0.4 is 10.9 Å². The molecule has 142 valence electrons. The van der Waals surface area contributed by atoms with Crippen molar-refractivity contribution < 1.29 is 9.90 Å². The van der Waals surface area contributed by atoms with Gasteiger partial charge in [0.2, 0.25) is 0 Å². The maximum Gasteiger partial charge on any atom is 0.261 e. The molecule has 2 atom stereocenters. The van der Waals surface area contributed by atoms with Gasteiger partial charge >= 0.3 is 0 Å². The van der Waals surface area contributed by atoms with Crippen molar-refractivity contribution >= 4 is 44.2 Å². The summed E-state index contributed by atoms with van der Waals surface area (Å²) in [6.45, 7) is 4.53. The molecule has 2 N–H and O–H groups in total. The molecular formula is C18H23BrClN3O3. The Morgan fingerprint density at radius 2 is 2.15 bits per heavy atom. The van der Waals surface area contributed by atoms with Gasteiger partial charge in [0.25, 0.3) is 5.56 Å². The van der Waals surface area contributed by atoms with Crippen molar-refractivity contribution in [3.63, 3.8) is 0 Å². The van der Waals surface area contributed by atoms with Crippen LogP contribution in [0, 0.1) is 0 Å². The van der Waals surface area contributed by atoms with Crippen LogP contribution >= 0.6 is 27.5 Å². The van der Waals surface area contributed by atoms with Gasteiger partial charge in [0.1, 0.15) is 0 Å². The van der Waals surface area contributed by atoms with Gasteiger partial charge in [0.05, 0.1) is 34.9 Å². The number of aliphatic hydroxyl groups excluding tert-OH is 1. The number of fused-ring (bicyclic) bond motifs is 1. The van der Waals surface area contributed by atoms with E-state index in [-0.39, 0.29) is 30.3 Å². The van der Waals surface area contributed by atoms with E-state index in [0.717, 1.165) is 13.0 Å². The summed E-state index contributed by atoms with van der Waals surface area (Å²) >= 11 is 9.36. The second-order valence-corrected chi connectivity index (χ2v) is 7.50. The lowest BCUT2D eigenvalue weighted by Gasteiger charge is -2.22. The number of ketones is 1. The smallest absolute Gasteiger partial charge is 0.261 e. The zero-order valence-corrected chi connectivity index (χ0v) is 17.2. The number of nitrogens with zero attached hydrogens (tertiary/aromatic N) is 2. The quantitative estimate of drug-likeness (QED) is 0.621. The molecule has 2 rings (SSSR count). The predicted molar refractivity (Wildman–Crippen MR) is 107 cm³/mol. The number of hydrogen-bond acceptors (Lipinski definition) is 5. The molecule has 8 heteroatoms. The van der Waals surface area contributed by atoms with Crippen molar-refractivity contribution in [3.8, 4) is 0 Å². The fourth-order valence-electron chi connectivity index (χ4n) is 2.72. The Morgan fingerprint density at radius 1 is 1.42 bits per heavy atom. The van der Waals surface area contributed by atoms with E-state index in [0.29, 0.717) is 26.8 Å². The molecule has 1 aromatic carbocycles. The Balaban J connectivity index is 2.19. The summed E-state index contributed by atoms with van der Waals surface area (Å²) in [7, 11) is 0. The SMILES string of the molecule is CCCN[C@H](CC(=O)Cn1cnc2cc(Br)c(Cl)cc2c1=O)[C@@H](O)CC. The maximum atomic E-state index is 12.6. The van der Waals surface area contributed by atoms with E-state index >= 15 is 0 Å². The van der Waals surface area contributed by atoms with E-state index < -0.39 is 6.10 Å². The van der Waals surface area contributed by atoms with Crippen LogP contribution in [0.2, 0.25) is 5.02 Å². The summed E-state index contributed by atoms with van der Waals surface area (Å²) in [4.78, 5) is 29.3. The minimum atomic E-state index is -0.604. The largest absolute Gasteiger partial charge is 0.392 e. The summed E-state index contributed by atoms with van der Waals surface area (Å²) in [5.41, 5.74) is 0.200. The van der Waals surface area contributed by atoms with Crippen LogP contribution in [-0.4, -0.2) is 39.1 Å². The van der Waals surface area contributed by atoms with Crippen LogP contribution in [-0.2, 0) is 11.3 Å². The second kappa shape index (κ2) is 9.60. The highest BCUT2D eigenvalue weighted by atomic mass is 79.9. The number of aliphatic hydroxyl groups is 1. The van der Waals surface area contributed by atoms with Crippen LogP contribution in [0.5, 0.6) is 0 Å². The van der Waals surface area contributed by atoms with Gasteiger partial charge in [-0.05, 0) is 47.4 Å². The zero-order chi connectivity index (χ0) is 19.3. The predicted octanol–water partition coefficient (Wildman–Crippen LogP) is 2.91. The second-order valence-electron chi connectivity index (χ2n) is 6.24. The van der Waals surface area contributed by atoms with Crippen LogP contribution in [0.15, 0.2) is 27.7 Å². The van der Waals surface area contributed by atoms with Gasteiger partial charge in [-0.2, -0.15) is 0 Å². The molecule has 0 aliphatic carbocycles. The highest BCUT2D eigenvalue weighted by Gasteiger charge is 2.21. The molecule has 0 aliphatic rings. The summed E-state index contributed by atoms with van der Waals surface area (Å²) in [5, 5.41) is 14.1. The number of halogens is 2. The van der Waals surface area contributed by atoms with Gasteiger partial charge < -0.3 is 10.4 Å². The molecular weight excluding hydrogens is 422 g/mol. The molecule has 26 heavy (non-hydrogen) atoms. The van der Waals surface area contributed by atoms with Crippen LogP contribution in [0.25, 0.3) is 10.9 Å². The normalized spacial score (nSPS) is 13.7. The van der Waals surface area contributed by atoms with Crippen LogP contribution in [0.4, 0.5) is 0 Å². The Hall–Kier alpha value is -1.28. The van der Waals surface area contributed by atoms with Gasteiger partial charge in [-0.1, -0.05) is 25.4 Å². The fraction of sp³-hybridized carbons (Fsp3) is 0.500. The average Bonchev–Trinajstić information content (AvgIpc) is 2.62. The van der Waals surface area contributed by atoms with Gasteiger partial charge in [-0.15, -0.1) is 0 Å². The van der Waals surface area contributed by atoms with Crippen molar-refractivity contribution in [3.05, 3.63) is 38.3 Å². The van der Waals surface area contributed by atoms with E-state index in [9.17, 15) is 14.7 Å². The van der Waals surface area contributed by atoms with Crippen molar-refractivity contribution in [2.75, 3.05) is 6.54 Å². The molecule has 0 saturated heterocycles. The van der Waals surface area contributed by atoms with Gasteiger partial charge in [0, 0.05) is 16.9 Å². The van der Waals surface area contributed by atoms with E-state index in [1.807, 2.05) is 13.8 Å². The molecule has 0 bridgehead atoms. The third kappa shape index (κ3) is 5.13. The molecule has 0 fully saturated rings. The maximum absolute atomic E-state index is 12.6. The number of Topliss-reactive ketones (excluding diaryl/α,β-unsaturated/α-hetero) is 1. The third-order valence-corrected chi connectivity index (χ3v) is 5.40. The number of aromatic nitrogens is 2. The fourth-order valence-corrected chi connectivity index (χ4v) is 3.22. The number of hydrogen-bond donors (Lipinski definition) is 2. The van der Waals surface area contributed by atoms with Gasteiger partial charge in [0.15, 0.2) is 5.78 Å². The number of benzene rings is 1. The zero-order valence-electron chi connectivity index (χ0n) is 14.8. The Labute approximate surface area is 165 Å². The topological polar surface area (TPSA) is 84.2 Å². The highest BCUT2D eigenvalue weighted by molar-refractivity contribution is 9.10. The molecule has 0 saturated carbocycles. The minimum absolute atomic E-state index is 0.0871. The molecule has 0 radical (unpaired) electrons. The molecule has 2 aromatic rings. The van der Waals surface area contributed by atoms with Crippen LogP contribution in [0.3, 0.4) is 0 Å². The average molecular weight is 445 g/mol. The number of carbonyl (C=O) groups excluding carboxylic acids is 1. The van der Waals surface area contributed by atoms with Gasteiger partial charge in [-0.3, -0.25) is 14.2 Å². The van der Waals surface area contributed by atoms with Crippen LogP contribution in [0.1, 0.15) is 33.1 Å². The molecule has 0 unspecified atom stereocenters. The minimum Gasteiger partial charge on any atom is -0.392 e. The Kier molecular flexibility index (Phi) is 7.76. The van der Waals surface area contributed by atoms with Gasteiger partial charge in [-0.25, -0.2) is 4.98 Å². The molecule has 0 spiro atoms.